The topological polar surface area (TPSA) is 9.23 Å². The lowest BCUT2D eigenvalue weighted by Gasteiger charge is -2.59. The average Bonchev–Trinajstić information content (AvgIpc) is 3.08. The van der Waals surface area contributed by atoms with Gasteiger partial charge in [-0.3, -0.25) is 0 Å². The first-order chi connectivity index (χ1) is 15.3. The molecule has 0 aliphatic heterocycles. The molecule has 0 aromatic rings. The summed E-state index contributed by atoms with van der Waals surface area (Å²) in [6.45, 7) is 19.9. The maximum Gasteiger partial charge on any atom is 0.192 e. The molecule has 3 saturated carbocycles. The molecule has 4 aliphatic rings. The number of halogens is 1. The van der Waals surface area contributed by atoms with Crippen LogP contribution in [0.4, 0.5) is 0 Å². The quantitative estimate of drug-likeness (QED) is 0.186. The van der Waals surface area contributed by atoms with Gasteiger partial charge in [0.05, 0.1) is 0 Å². The molecule has 0 bridgehead atoms. The van der Waals surface area contributed by atoms with Gasteiger partial charge < -0.3 is 4.43 Å². The Labute approximate surface area is 215 Å². The summed E-state index contributed by atoms with van der Waals surface area (Å²) in [5.74, 6) is 4.66. The van der Waals surface area contributed by atoms with Crippen LogP contribution in [-0.4, -0.2) is 19.8 Å². The van der Waals surface area contributed by atoms with Gasteiger partial charge in [-0.2, -0.15) is 0 Å². The molecule has 3 heteroatoms. The lowest BCUT2D eigenvalue weighted by atomic mass is 9.47. The van der Waals surface area contributed by atoms with Crippen LogP contribution in [0.25, 0.3) is 0 Å². The highest BCUT2D eigenvalue weighted by atomic mass is 79.9. The van der Waals surface area contributed by atoms with Crippen molar-refractivity contribution >= 4 is 24.2 Å². The monoisotopic (exact) mass is 536 g/mol. The zero-order chi connectivity index (χ0) is 24.2. The van der Waals surface area contributed by atoms with Crippen LogP contribution in [0, 0.1) is 40.4 Å². The second kappa shape index (κ2) is 9.36. The molecule has 0 aromatic heterocycles. The van der Waals surface area contributed by atoms with Crippen molar-refractivity contribution in [1.29, 1.82) is 0 Å². The minimum Gasteiger partial charge on any atom is -0.414 e. The van der Waals surface area contributed by atoms with Crippen molar-refractivity contribution in [2.24, 2.45) is 40.4 Å². The van der Waals surface area contributed by atoms with Gasteiger partial charge >= 0.3 is 0 Å². The molecule has 0 aromatic carbocycles. The Morgan fingerprint density at radius 1 is 1.09 bits per heavy atom. The van der Waals surface area contributed by atoms with Gasteiger partial charge in [0.15, 0.2) is 8.32 Å². The summed E-state index contributed by atoms with van der Waals surface area (Å²) >= 11 is 3.67. The molecular weight excluding hydrogens is 484 g/mol. The molecule has 0 N–H and O–H groups in total. The highest BCUT2D eigenvalue weighted by molar-refractivity contribution is 9.09. The molecule has 0 radical (unpaired) electrons. The lowest BCUT2D eigenvalue weighted by Crippen LogP contribution is -2.52. The maximum absolute atomic E-state index is 6.93. The minimum absolute atomic E-state index is 0.304. The number of hydrogen-bond acceptors (Lipinski definition) is 1. The van der Waals surface area contributed by atoms with Crippen molar-refractivity contribution in [2.75, 3.05) is 5.33 Å². The highest BCUT2D eigenvalue weighted by Crippen LogP contribution is 2.67. The molecule has 0 heterocycles. The van der Waals surface area contributed by atoms with Crippen molar-refractivity contribution in [2.45, 2.75) is 130 Å². The van der Waals surface area contributed by atoms with Crippen molar-refractivity contribution in [3.8, 4) is 0 Å². The third-order valence-corrected chi connectivity index (χ3v) is 17.0. The van der Waals surface area contributed by atoms with E-state index in [9.17, 15) is 0 Å². The molecule has 8 atom stereocenters. The zero-order valence-electron chi connectivity index (χ0n) is 23.1. The third-order valence-electron chi connectivity index (χ3n) is 11.9. The fourth-order valence-electron chi connectivity index (χ4n) is 8.90. The van der Waals surface area contributed by atoms with Crippen LogP contribution in [0.5, 0.6) is 0 Å². The third kappa shape index (κ3) is 4.63. The normalized spacial score (nSPS) is 42.2. The zero-order valence-corrected chi connectivity index (χ0v) is 25.7. The molecule has 3 fully saturated rings. The smallest absolute Gasteiger partial charge is 0.192 e. The van der Waals surface area contributed by atoms with E-state index in [0.29, 0.717) is 22.0 Å². The number of rotatable bonds is 6. The van der Waals surface area contributed by atoms with E-state index < -0.39 is 8.32 Å². The van der Waals surface area contributed by atoms with Gasteiger partial charge in [0, 0.05) is 11.4 Å². The second-order valence-electron chi connectivity index (χ2n) is 14.5. The minimum atomic E-state index is -1.69. The summed E-state index contributed by atoms with van der Waals surface area (Å²) in [6.07, 6.45) is 17.1. The van der Waals surface area contributed by atoms with Crippen LogP contribution >= 0.6 is 15.9 Å². The first-order valence-corrected chi connectivity index (χ1v) is 18.3. The van der Waals surface area contributed by atoms with E-state index in [1.165, 1.54) is 69.5 Å². The molecule has 190 valence electrons. The van der Waals surface area contributed by atoms with E-state index in [2.05, 4.69) is 76.6 Å². The standard InChI is InChI=1S/C30H53BrOSi/c1-21(10-9-19-31)25-13-14-26-24-12-11-22-20-23(32-33(7,8)28(2,3)4)15-17-29(22,5)27(24)16-18-30(25,26)6/h11,21,23-27H,9-10,12-20H2,1-8H3/t21-,23+,24+,25-,26+,27+,29+,30-/m1/s1. The van der Waals surface area contributed by atoms with Crippen molar-refractivity contribution in [3.05, 3.63) is 11.6 Å². The SMILES string of the molecule is C[C@H](CCCBr)[C@H]1CC[C@H]2[C@@H]3CC=C4C[C@@H](O[Si](C)(C)C(C)(C)C)CC[C@]4(C)[C@H]3CC[C@]12C. The number of fused-ring (bicyclic) bond motifs is 5. The average molecular weight is 538 g/mol. The molecule has 0 spiro atoms. The summed E-state index contributed by atoms with van der Waals surface area (Å²) in [5, 5.41) is 1.47. The van der Waals surface area contributed by atoms with E-state index in [-0.39, 0.29) is 0 Å². The predicted molar refractivity (Wildman–Crippen MR) is 149 cm³/mol. The van der Waals surface area contributed by atoms with Gasteiger partial charge in [0.1, 0.15) is 0 Å². The van der Waals surface area contributed by atoms with E-state index in [4.69, 9.17) is 4.43 Å². The summed E-state index contributed by atoms with van der Waals surface area (Å²) < 4.78 is 6.93. The van der Waals surface area contributed by atoms with E-state index in [0.717, 1.165) is 29.6 Å². The van der Waals surface area contributed by atoms with Crippen molar-refractivity contribution in [3.63, 3.8) is 0 Å². The molecule has 33 heavy (non-hydrogen) atoms. The second-order valence-corrected chi connectivity index (χ2v) is 20.1. The molecule has 4 aliphatic carbocycles. The Morgan fingerprint density at radius 2 is 1.82 bits per heavy atom. The number of hydrogen-bond donors (Lipinski definition) is 0. The van der Waals surface area contributed by atoms with Gasteiger partial charge in [0.2, 0.25) is 0 Å². The molecule has 0 unspecified atom stereocenters. The molecule has 1 nitrogen and oxygen atoms in total. The Bertz CT molecular complexity index is 738. The van der Waals surface area contributed by atoms with Crippen LogP contribution < -0.4 is 0 Å². The summed E-state index contributed by atoms with van der Waals surface area (Å²) in [6, 6.07) is 0. The summed E-state index contributed by atoms with van der Waals surface area (Å²) in [4.78, 5) is 0. The summed E-state index contributed by atoms with van der Waals surface area (Å²) in [5.41, 5.74) is 2.82. The van der Waals surface area contributed by atoms with Crippen LogP contribution in [0.3, 0.4) is 0 Å². The van der Waals surface area contributed by atoms with Crippen LogP contribution in [0.1, 0.15) is 106 Å². The molecule has 4 rings (SSSR count). The fraction of sp³-hybridized carbons (Fsp3) is 0.933. The van der Waals surface area contributed by atoms with Gasteiger partial charge in [0.25, 0.3) is 0 Å². The molecular formula is C30H53BrOSi. The van der Waals surface area contributed by atoms with Crippen LogP contribution in [0.15, 0.2) is 11.6 Å². The Morgan fingerprint density at radius 3 is 2.48 bits per heavy atom. The Kier molecular flexibility index (Phi) is 7.51. The predicted octanol–water partition coefficient (Wildman–Crippen LogP) is 9.77. The van der Waals surface area contributed by atoms with Crippen molar-refractivity contribution in [1.82, 2.24) is 0 Å². The van der Waals surface area contributed by atoms with E-state index in [1.54, 1.807) is 5.57 Å². The van der Waals surface area contributed by atoms with Gasteiger partial charge in [-0.1, -0.05) is 69.1 Å². The number of alkyl halides is 1. The first-order valence-electron chi connectivity index (χ1n) is 14.3. The highest BCUT2D eigenvalue weighted by Gasteiger charge is 2.59. The molecule has 0 saturated heterocycles. The van der Waals surface area contributed by atoms with Gasteiger partial charge in [-0.25, -0.2) is 0 Å². The maximum atomic E-state index is 6.93. The van der Waals surface area contributed by atoms with E-state index in [1.807, 2.05) is 0 Å². The first kappa shape index (κ1) is 26.5. The number of allylic oxidation sites excluding steroid dienone is 1. The lowest BCUT2D eigenvalue weighted by molar-refractivity contribution is -0.0563. The van der Waals surface area contributed by atoms with E-state index >= 15 is 0 Å². The Balaban J connectivity index is 1.49. The van der Waals surface area contributed by atoms with Gasteiger partial charge in [-0.15, -0.1) is 0 Å². The summed E-state index contributed by atoms with van der Waals surface area (Å²) in [7, 11) is -1.69. The fourth-order valence-corrected chi connectivity index (χ4v) is 10.6. The molecule has 0 amide bonds. The Hall–Kier alpha value is 0.397. The van der Waals surface area contributed by atoms with Crippen molar-refractivity contribution < 1.29 is 4.43 Å². The largest absolute Gasteiger partial charge is 0.414 e. The van der Waals surface area contributed by atoms with Crippen LogP contribution in [0.2, 0.25) is 18.1 Å². The van der Waals surface area contributed by atoms with Crippen LogP contribution in [-0.2, 0) is 4.43 Å². The van der Waals surface area contributed by atoms with Gasteiger partial charge in [-0.05, 0) is 123 Å².